The molecule has 5 nitrogen and oxygen atoms in total. The average molecular weight is 433 g/mol. The smallest absolute Gasteiger partial charge is 0.238 e. The fraction of sp³-hybridized carbons (Fsp3) is 0.120. The molecular formula is C25H24N2O3S. The van der Waals surface area contributed by atoms with Gasteiger partial charge in [-0.25, -0.2) is 13.6 Å². The molecule has 0 heterocycles. The normalized spacial score (nSPS) is 11.4. The molecule has 31 heavy (non-hydrogen) atoms. The maximum absolute atomic E-state index is 11.5. The first-order valence-corrected chi connectivity index (χ1v) is 11.5. The Hall–Kier alpha value is -3.35. The van der Waals surface area contributed by atoms with Gasteiger partial charge < -0.3 is 10.1 Å². The zero-order valence-electron chi connectivity index (χ0n) is 17.2. The van der Waals surface area contributed by atoms with Crippen molar-refractivity contribution < 1.29 is 13.2 Å². The maximum atomic E-state index is 11.5. The summed E-state index contributed by atoms with van der Waals surface area (Å²) in [5.74, 6) is 0.814. The number of primary sulfonamides is 1. The van der Waals surface area contributed by atoms with Crippen LogP contribution in [0.3, 0.4) is 0 Å². The molecule has 0 unspecified atom stereocenters. The van der Waals surface area contributed by atoms with Gasteiger partial charge in [0.05, 0.1) is 4.90 Å². The zero-order chi connectivity index (χ0) is 21.8. The molecular weight excluding hydrogens is 408 g/mol. The second-order valence-corrected chi connectivity index (χ2v) is 9.03. The molecule has 0 fully saturated rings. The van der Waals surface area contributed by atoms with Gasteiger partial charge in [-0.1, -0.05) is 60.2 Å². The van der Waals surface area contributed by atoms with E-state index in [1.807, 2.05) is 24.3 Å². The number of benzene rings is 4. The number of ether oxygens (including phenoxy) is 1. The molecule has 0 spiro atoms. The van der Waals surface area contributed by atoms with E-state index in [1.165, 1.54) is 17.7 Å². The number of rotatable bonds is 7. The zero-order valence-corrected chi connectivity index (χ0v) is 18.0. The Balaban J connectivity index is 1.59. The lowest BCUT2D eigenvalue weighted by Gasteiger charge is -2.16. The number of nitrogens with two attached hydrogens (primary N) is 1. The topological polar surface area (TPSA) is 81.4 Å². The predicted molar refractivity (Wildman–Crippen MR) is 125 cm³/mol. The first-order chi connectivity index (χ1) is 14.9. The third-order valence-corrected chi connectivity index (χ3v) is 6.06. The van der Waals surface area contributed by atoms with Crippen LogP contribution in [0, 0.1) is 6.92 Å². The maximum Gasteiger partial charge on any atom is 0.238 e. The minimum atomic E-state index is -3.71. The average Bonchev–Trinajstić information content (AvgIpc) is 2.76. The summed E-state index contributed by atoms with van der Waals surface area (Å²) in [6.07, 6.45) is 0. The summed E-state index contributed by atoms with van der Waals surface area (Å²) >= 11 is 0. The number of hydrogen-bond acceptors (Lipinski definition) is 4. The Morgan fingerprint density at radius 3 is 2.42 bits per heavy atom. The molecule has 0 atom stereocenters. The van der Waals surface area contributed by atoms with Crippen molar-refractivity contribution in [3.8, 4) is 5.75 Å². The van der Waals surface area contributed by atoms with Gasteiger partial charge in [-0.3, -0.25) is 0 Å². The second kappa shape index (κ2) is 8.79. The fourth-order valence-corrected chi connectivity index (χ4v) is 4.06. The van der Waals surface area contributed by atoms with Crippen molar-refractivity contribution in [2.45, 2.75) is 25.0 Å². The lowest BCUT2D eigenvalue weighted by Crippen LogP contribution is -2.12. The first kappa shape index (κ1) is 20.9. The van der Waals surface area contributed by atoms with E-state index in [-0.39, 0.29) is 4.90 Å². The van der Waals surface area contributed by atoms with Gasteiger partial charge in [0, 0.05) is 17.8 Å². The minimum absolute atomic E-state index is 0.0883. The largest absolute Gasteiger partial charge is 0.489 e. The van der Waals surface area contributed by atoms with Crippen molar-refractivity contribution in [2.75, 3.05) is 5.32 Å². The SMILES string of the molecule is Cc1cccc(COc2ccc3ccccc3c2CNc2ccc(S(N)(=O)=O)cc2)c1. The van der Waals surface area contributed by atoms with Crippen molar-refractivity contribution >= 4 is 26.5 Å². The van der Waals surface area contributed by atoms with Crippen LogP contribution >= 0.6 is 0 Å². The van der Waals surface area contributed by atoms with Gasteiger partial charge in [0.2, 0.25) is 10.0 Å². The molecule has 0 amide bonds. The second-order valence-electron chi connectivity index (χ2n) is 7.46. The molecule has 4 rings (SSSR count). The third kappa shape index (κ3) is 5.05. The standard InChI is InChI=1S/C25H24N2O3S/c1-18-5-4-6-19(15-18)17-30-25-14-9-20-7-2-3-8-23(20)24(25)16-27-21-10-12-22(13-11-21)31(26,28)29/h2-15,27H,16-17H2,1H3,(H2,26,28,29). The molecule has 0 aliphatic rings. The quantitative estimate of drug-likeness (QED) is 0.431. The summed E-state index contributed by atoms with van der Waals surface area (Å²) in [5.41, 5.74) is 4.15. The highest BCUT2D eigenvalue weighted by atomic mass is 32.2. The molecule has 158 valence electrons. The van der Waals surface area contributed by atoms with Crippen molar-refractivity contribution in [2.24, 2.45) is 5.14 Å². The third-order valence-electron chi connectivity index (χ3n) is 5.13. The van der Waals surface area contributed by atoms with Crippen molar-refractivity contribution in [1.29, 1.82) is 0 Å². The molecule has 0 radical (unpaired) electrons. The van der Waals surface area contributed by atoms with E-state index in [2.05, 4.69) is 48.6 Å². The molecule has 0 bridgehead atoms. The summed E-state index contributed by atoms with van der Waals surface area (Å²) in [5, 5.41) is 10.8. The van der Waals surface area contributed by atoms with E-state index in [0.717, 1.165) is 33.3 Å². The minimum Gasteiger partial charge on any atom is -0.489 e. The van der Waals surface area contributed by atoms with E-state index in [0.29, 0.717) is 13.2 Å². The molecule has 0 aliphatic carbocycles. The molecule has 0 aliphatic heterocycles. The first-order valence-electron chi connectivity index (χ1n) is 9.96. The van der Waals surface area contributed by atoms with Crippen molar-refractivity contribution in [3.63, 3.8) is 0 Å². The highest BCUT2D eigenvalue weighted by Gasteiger charge is 2.11. The number of anilines is 1. The molecule has 0 saturated heterocycles. The van der Waals surface area contributed by atoms with Crippen molar-refractivity contribution in [3.05, 3.63) is 102 Å². The Morgan fingerprint density at radius 2 is 1.68 bits per heavy atom. The van der Waals surface area contributed by atoms with E-state index in [9.17, 15) is 8.42 Å². The van der Waals surface area contributed by atoms with E-state index in [4.69, 9.17) is 9.88 Å². The van der Waals surface area contributed by atoms with Crippen LogP contribution < -0.4 is 15.2 Å². The number of hydrogen-bond donors (Lipinski definition) is 2. The molecule has 4 aromatic carbocycles. The monoisotopic (exact) mass is 432 g/mol. The van der Waals surface area contributed by atoms with Crippen LogP contribution in [0.5, 0.6) is 5.75 Å². The van der Waals surface area contributed by atoms with Gasteiger partial charge in [-0.05, 0) is 53.6 Å². The predicted octanol–water partition coefficient (Wildman–Crippen LogP) is 4.99. The van der Waals surface area contributed by atoms with Gasteiger partial charge >= 0.3 is 0 Å². The molecule has 3 N–H and O–H groups in total. The summed E-state index contributed by atoms with van der Waals surface area (Å²) in [4.78, 5) is 0.0883. The van der Waals surface area contributed by atoms with Crippen LogP contribution in [0.25, 0.3) is 10.8 Å². The molecule has 4 aromatic rings. The van der Waals surface area contributed by atoms with Crippen LogP contribution in [0.2, 0.25) is 0 Å². The van der Waals surface area contributed by atoms with Crippen LogP contribution in [-0.4, -0.2) is 8.42 Å². The highest BCUT2D eigenvalue weighted by molar-refractivity contribution is 7.89. The number of sulfonamides is 1. The van der Waals surface area contributed by atoms with Crippen molar-refractivity contribution in [1.82, 2.24) is 0 Å². The summed E-state index contributed by atoms with van der Waals surface area (Å²) in [6, 6.07) is 26.9. The van der Waals surface area contributed by atoms with Crippen LogP contribution in [0.1, 0.15) is 16.7 Å². The lowest BCUT2D eigenvalue weighted by molar-refractivity contribution is 0.304. The Morgan fingerprint density at radius 1 is 0.903 bits per heavy atom. The van der Waals surface area contributed by atoms with E-state index in [1.54, 1.807) is 12.1 Å². The Kier molecular flexibility index (Phi) is 5.93. The number of aryl methyl sites for hydroxylation is 1. The van der Waals surface area contributed by atoms with Crippen LogP contribution in [0.15, 0.2) is 89.8 Å². The molecule has 6 heteroatoms. The number of fused-ring (bicyclic) bond motifs is 1. The fourth-order valence-electron chi connectivity index (χ4n) is 3.55. The summed E-state index contributed by atoms with van der Waals surface area (Å²) in [6.45, 7) is 3.07. The Bertz CT molecular complexity index is 1320. The van der Waals surface area contributed by atoms with Gasteiger partial charge in [-0.2, -0.15) is 0 Å². The molecule has 0 aromatic heterocycles. The van der Waals surface area contributed by atoms with Gasteiger partial charge in [-0.15, -0.1) is 0 Å². The van der Waals surface area contributed by atoms with E-state index >= 15 is 0 Å². The van der Waals surface area contributed by atoms with Gasteiger partial charge in [0.25, 0.3) is 0 Å². The molecule has 0 saturated carbocycles. The van der Waals surface area contributed by atoms with E-state index < -0.39 is 10.0 Å². The van der Waals surface area contributed by atoms with Crippen LogP contribution in [-0.2, 0) is 23.2 Å². The van der Waals surface area contributed by atoms with Gasteiger partial charge in [0.15, 0.2) is 0 Å². The summed E-state index contributed by atoms with van der Waals surface area (Å²) in [7, 11) is -3.71. The number of nitrogens with one attached hydrogen (secondary N) is 1. The summed E-state index contributed by atoms with van der Waals surface area (Å²) < 4.78 is 29.1. The Labute approximate surface area is 182 Å². The van der Waals surface area contributed by atoms with Gasteiger partial charge in [0.1, 0.15) is 12.4 Å². The lowest BCUT2D eigenvalue weighted by atomic mass is 10.0. The highest BCUT2D eigenvalue weighted by Crippen LogP contribution is 2.30. The van der Waals surface area contributed by atoms with Crippen LogP contribution in [0.4, 0.5) is 5.69 Å².